The quantitative estimate of drug-likeness (QED) is 0.850. The fraction of sp³-hybridized carbons (Fsp3) is 0.250. The van der Waals surface area contributed by atoms with Crippen LogP contribution in [0.4, 0.5) is 13.2 Å². The molecule has 5 heteroatoms. The maximum atomic E-state index is 12.7. The molecular formula is C16H14ClF3O. The van der Waals surface area contributed by atoms with Crippen LogP contribution in [0.15, 0.2) is 42.5 Å². The van der Waals surface area contributed by atoms with Crippen molar-refractivity contribution in [1.82, 2.24) is 0 Å². The third kappa shape index (κ3) is 3.99. The molecule has 1 unspecified atom stereocenters. The highest BCUT2D eigenvalue weighted by atomic mass is 35.5. The molecule has 0 saturated heterocycles. The zero-order valence-electron chi connectivity index (χ0n) is 11.3. The Morgan fingerprint density at radius 1 is 1.14 bits per heavy atom. The lowest BCUT2D eigenvalue weighted by atomic mass is 9.99. The van der Waals surface area contributed by atoms with Gasteiger partial charge >= 0.3 is 6.18 Å². The third-order valence-corrected chi connectivity index (χ3v) is 3.57. The van der Waals surface area contributed by atoms with Gasteiger partial charge in [0.05, 0.1) is 11.7 Å². The first-order valence-corrected chi connectivity index (χ1v) is 6.75. The number of aliphatic hydroxyl groups is 1. The van der Waals surface area contributed by atoms with Crippen LogP contribution in [0, 0.1) is 6.92 Å². The highest BCUT2D eigenvalue weighted by Gasteiger charge is 2.30. The van der Waals surface area contributed by atoms with E-state index in [4.69, 9.17) is 11.6 Å². The maximum absolute atomic E-state index is 12.7. The first-order chi connectivity index (χ1) is 9.77. The fourth-order valence-electron chi connectivity index (χ4n) is 2.07. The summed E-state index contributed by atoms with van der Waals surface area (Å²) in [6, 6.07) is 10.1. The molecule has 21 heavy (non-hydrogen) atoms. The van der Waals surface area contributed by atoms with Crippen LogP contribution in [0.3, 0.4) is 0 Å². The molecule has 2 aromatic carbocycles. The Hall–Kier alpha value is -1.52. The number of alkyl halides is 3. The minimum Gasteiger partial charge on any atom is -0.388 e. The third-order valence-electron chi connectivity index (χ3n) is 3.22. The van der Waals surface area contributed by atoms with Crippen LogP contribution in [0.25, 0.3) is 0 Å². The Kier molecular flexibility index (Phi) is 4.59. The summed E-state index contributed by atoms with van der Waals surface area (Å²) in [5.41, 5.74) is 1.14. The molecule has 1 N–H and O–H groups in total. The van der Waals surface area contributed by atoms with Crippen LogP contribution in [0.5, 0.6) is 0 Å². The van der Waals surface area contributed by atoms with Crippen LogP contribution in [-0.4, -0.2) is 5.11 Å². The van der Waals surface area contributed by atoms with Crippen molar-refractivity contribution in [2.75, 3.05) is 0 Å². The smallest absolute Gasteiger partial charge is 0.388 e. The van der Waals surface area contributed by atoms with Gasteiger partial charge < -0.3 is 5.11 Å². The van der Waals surface area contributed by atoms with Crippen molar-refractivity contribution in [3.63, 3.8) is 0 Å². The Bertz CT molecular complexity index is 638. The highest BCUT2D eigenvalue weighted by molar-refractivity contribution is 6.31. The van der Waals surface area contributed by atoms with Gasteiger partial charge in [-0.1, -0.05) is 35.9 Å². The molecule has 0 fully saturated rings. The summed E-state index contributed by atoms with van der Waals surface area (Å²) in [6.07, 6.45) is -5.29. The molecule has 0 aliphatic heterocycles. The molecule has 0 aliphatic carbocycles. The van der Waals surface area contributed by atoms with Gasteiger partial charge in [-0.05, 0) is 41.8 Å². The predicted octanol–water partition coefficient (Wildman–Crippen LogP) is 4.94. The molecule has 112 valence electrons. The van der Waals surface area contributed by atoms with E-state index in [0.29, 0.717) is 10.6 Å². The van der Waals surface area contributed by atoms with Crippen LogP contribution in [-0.2, 0) is 12.6 Å². The van der Waals surface area contributed by atoms with E-state index in [1.54, 1.807) is 12.1 Å². The minimum atomic E-state index is -4.42. The summed E-state index contributed by atoms with van der Waals surface area (Å²) >= 11 is 6.07. The molecule has 0 amide bonds. The molecule has 2 aromatic rings. The van der Waals surface area contributed by atoms with Crippen molar-refractivity contribution in [2.45, 2.75) is 25.6 Å². The second-order valence-electron chi connectivity index (χ2n) is 4.94. The number of halogens is 4. The summed E-state index contributed by atoms with van der Waals surface area (Å²) < 4.78 is 38.0. The molecule has 0 heterocycles. The summed E-state index contributed by atoms with van der Waals surface area (Å²) in [5, 5.41) is 10.6. The largest absolute Gasteiger partial charge is 0.416 e. The number of aryl methyl sites for hydroxylation is 1. The normalized spacial score (nSPS) is 13.2. The summed E-state index contributed by atoms with van der Waals surface area (Å²) in [5.74, 6) is 0. The standard InChI is InChI=1S/C16H14ClF3O/c1-10-5-6-11(14(17)7-10)9-15(21)12-3-2-4-13(8-12)16(18,19)20/h2-8,15,21H,9H2,1H3. The molecule has 0 bridgehead atoms. The van der Waals surface area contributed by atoms with Gasteiger partial charge in [-0.3, -0.25) is 0 Å². The van der Waals surface area contributed by atoms with E-state index in [9.17, 15) is 18.3 Å². The van der Waals surface area contributed by atoms with Gasteiger partial charge in [0.25, 0.3) is 0 Å². The van der Waals surface area contributed by atoms with E-state index in [2.05, 4.69) is 0 Å². The van der Waals surface area contributed by atoms with Gasteiger partial charge in [-0.15, -0.1) is 0 Å². The molecule has 0 saturated carbocycles. The molecule has 1 atom stereocenters. The Morgan fingerprint density at radius 3 is 2.48 bits per heavy atom. The maximum Gasteiger partial charge on any atom is 0.416 e. The number of benzene rings is 2. The molecule has 0 radical (unpaired) electrons. The van der Waals surface area contributed by atoms with Gasteiger partial charge in [0, 0.05) is 11.4 Å². The van der Waals surface area contributed by atoms with E-state index in [1.807, 2.05) is 13.0 Å². The first kappa shape index (κ1) is 15.9. The van der Waals surface area contributed by atoms with E-state index < -0.39 is 17.8 Å². The lowest BCUT2D eigenvalue weighted by Gasteiger charge is -2.15. The van der Waals surface area contributed by atoms with Gasteiger partial charge in [0.15, 0.2) is 0 Å². The SMILES string of the molecule is Cc1ccc(CC(O)c2cccc(C(F)(F)F)c2)c(Cl)c1. The molecular weight excluding hydrogens is 301 g/mol. The van der Waals surface area contributed by atoms with Gasteiger partial charge in [0.1, 0.15) is 0 Å². The average molecular weight is 315 g/mol. The van der Waals surface area contributed by atoms with Crippen LogP contribution < -0.4 is 0 Å². The number of aliphatic hydroxyl groups excluding tert-OH is 1. The topological polar surface area (TPSA) is 20.2 Å². The van der Waals surface area contributed by atoms with Crippen molar-refractivity contribution in [3.8, 4) is 0 Å². The van der Waals surface area contributed by atoms with E-state index >= 15 is 0 Å². The lowest BCUT2D eigenvalue weighted by molar-refractivity contribution is -0.137. The lowest BCUT2D eigenvalue weighted by Crippen LogP contribution is -2.08. The number of rotatable bonds is 3. The zero-order valence-corrected chi connectivity index (χ0v) is 12.0. The predicted molar refractivity (Wildman–Crippen MR) is 76.3 cm³/mol. The van der Waals surface area contributed by atoms with Crippen molar-refractivity contribution >= 4 is 11.6 Å². The van der Waals surface area contributed by atoms with Crippen molar-refractivity contribution in [2.24, 2.45) is 0 Å². The second kappa shape index (κ2) is 6.08. The highest BCUT2D eigenvalue weighted by Crippen LogP contribution is 2.32. The van der Waals surface area contributed by atoms with Gasteiger partial charge in [-0.2, -0.15) is 13.2 Å². The number of hydrogen-bond donors (Lipinski definition) is 1. The summed E-state index contributed by atoms with van der Waals surface area (Å²) in [4.78, 5) is 0. The van der Waals surface area contributed by atoms with Gasteiger partial charge in [0.2, 0.25) is 0 Å². The Labute approximate surface area is 126 Å². The molecule has 1 nitrogen and oxygen atoms in total. The summed E-state index contributed by atoms with van der Waals surface area (Å²) in [6.45, 7) is 1.89. The van der Waals surface area contributed by atoms with E-state index in [-0.39, 0.29) is 12.0 Å². The van der Waals surface area contributed by atoms with Crippen molar-refractivity contribution in [3.05, 3.63) is 69.7 Å². The van der Waals surface area contributed by atoms with E-state index in [1.165, 1.54) is 12.1 Å². The van der Waals surface area contributed by atoms with Crippen LogP contribution >= 0.6 is 11.6 Å². The van der Waals surface area contributed by atoms with Crippen molar-refractivity contribution < 1.29 is 18.3 Å². The Morgan fingerprint density at radius 2 is 1.86 bits per heavy atom. The summed E-state index contributed by atoms with van der Waals surface area (Å²) in [7, 11) is 0. The van der Waals surface area contributed by atoms with Gasteiger partial charge in [-0.25, -0.2) is 0 Å². The van der Waals surface area contributed by atoms with Crippen molar-refractivity contribution in [1.29, 1.82) is 0 Å². The molecule has 0 spiro atoms. The monoisotopic (exact) mass is 314 g/mol. The average Bonchev–Trinajstić information content (AvgIpc) is 2.41. The Balaban J connectivity index is 2.22. The van der Waals surface area contributed by atoms with Crippen LogP contribution in [0.1, 0.15) is 28.4 Å². The second-order valence-corrected chi connectivity index (χ2v) is 5.35. The number of hydrogen-bond acceptors (Lipinski definition) is 1. The molecule has 2 rings (SSSR count). The first-order valence-electron chi connectivity index (χ1n) is 6.37. The van der Waals surface area contributed by atoms with Crippen LogP contribution in [0.2, 0.25) is 5.02 Å². The fourth-order valence-corrected chi connectivity index (χ4v) is 2.38. The minimum absolute atomic E-state index is 0.167. The zero-order chi connectivity index (χ0) is 15.6. The molecule has 0 aromatic heterocycles. The van der Waals surface area contributed by atoms with E-state index in [0.717, 1.165) is 17.7 Å². The molecule has 0 aliphatic rings.